The molecule has 0 radical (unpaired) electrons. The average molecular weight is 531 g/mol. The lowest BCUT2D eigenvalue weighted by molar-refractivity contribution is -0.127. The Labute approximate surface area is 196 Å². The van der Waals surface area contributed by atoms with E-state index in [2.05, 4.69) is 20.5 Å². The van der Waals surface area contributed by atoms with Crippen molar-refractivity contribution in [3.8, 4) is 0 Å². The Morgan fingerprint density at radius 3 is 2.20 bits per heavy atom. The lowest BCUT2D eigenvalue weighted by atomic mass is 10.0. The lowest BCUT2D eigenvalue weighted by Gasteiger charge is -2.33. The summed E-state index contributed by atoms with van der Waals surface area (Å²) in [6.07, 6.45) is 6.88. The number of piperidine rings is 1. The number of carbonyl (C=O) groups excluding carboxylic acids is 1. The van der Waals surface area contributed by atoms with E-state index in [1.165, 1.54) is 37.8 Å². The highest BCUT2D eigenvalue weighted by atomic mass is 127. The van der Waals surface area contributed by atoms with Gasteiger partial charge in [-0.3, -0.25) is 9.69 Å². The zero-order valence-corrected chi connectivity index (χ0v) is 20.4. The second-order valence-electron chi connectivity index (χ2n) is 8.40. The third-order valence-corrected chi connectivity index (χ3v) is 5.82. The van der Waals surface area contributed by atoms with E-state index in [9.17, 15) is 9.18 Å². The maximum atomic E-state index is 13.1. The Hall–Kier alpha value is -1.42. The highest BCUT2D eigenvalue weighted by Crippen LogP contribution is 2.18. The number of hydrogen-bond donors (Lipinski definition) is 2. The first-order valence-electron chi connectivity index (χ1n) is 10.7. The third-order valence-electron chi connectivity index (χ3n) is 5.82. The summed E-state index contributed by atoms with van der Waals surface area (Å²) in [6.45, 7) is 2.99. The summed E-state index contributed by atoms with van der Waals surface area (Å²) in [6, 6.07) is 7.57. The van der Waals surface area contributed by atoms with Gasteiger partial charge in [-0.2, -0.15) is 0 Å². The molecule has 2 fully saturated rings. The number of likely N-dealkylation sites (N-methyl/N-ethyl adjacent to an activating group) is 1. The monoisotopic (exact) mass is 531 g/mol. The van der Waals surface area contributed by atoms with E-state index in [-0.39, 0.29) is 42.2 Å². The van der Waals surface area contributed by atoms with Gasteiger partial charge in [0.25, 0.3) is 0 Å². The van der Waals surface area contributed by atoms with E-state index < -0.39 is 0 Å². The molecular formula is C22H35FIN5O. The van der Waals surface area contributed by atoms with Crippen LogP contribution >= 0.6 is 24.0 Å². The Bertz CT molecular complexity index is 683. The Balaban J connectivity index is 0.00000320. The van der Waals surface area contributed by atoms with Crippen molar-refractivity contribution in [2.24, 2.45) is 4.99 Å². The Morgan fingerprint density at radius 2 is 1.63 bits per heavy atom. The molecule has 0 spiro atoms. The summed E-state index contributed by atoms with van der Waals surface area (Å²) in [5.41, 5.74) is 1.14. The summed E-state index contributed by atoms with van der Waals surface area (Å²) >= 11 is 0. The molecule has 3 rings (SSSR count). The summed E-state index contributed by atoms with van der Waals surface area (Å²) < 4.78 is 13.1. The molecule has 2 aliphatic rings. The normalized spacial score (nSPS) is 18.7. The van der Waals surface area contributed by atoms with Crippen molar-refractivity contribution < 1.29 is 9.18 Å². The first-order valence-corrected chi connectivity index (χ1v) is 10.7. The van der Waals surface area contributed by atoms with E-state index in [0.29, 0.717) is 12.1 Å². The zero-order valence-electron chi connectivity index (χ0n) is 18.1. The molecule has 0 unspecified atom stereocenters. The van der Waals surface area contributed by atoms with E-state index in [4.69, 9.17) is 0 Å². The molecule has 1 saturated heterocycles. The van der Waals surface area contributed by atoms with E-state index in [1.54, 1.807) is 19.0 Å². The number of likely N-dealkylation sites (tertiary alicyclic amines) is 1. The van der Waals surface area contributed by atoms with Crippen LogP contribution in [0.5, 0.6) is 0 Å². The first kappa shape index (κ1) is 24.8. The van der Waals surface area contributed by atoms with Crippen molar-refractivity contribution in [2.45, 2.75) is 57.2 Å². The van der Waals surface area contributed by atoms with E-state index in [1.807, 2.05) is 12.1 Å². The van der Waals surface area contributed by atoms with Crippen LogP contribution < -0.4 is 10.6 Å². The van der Waals surface area contributed by atoms with Crippen LogP contribution in [-0.2, 0) is 11.3 Å². The number of guanidine groups is 1. The third kappa shape index (κ3) is 8.02. The number of hydrogen-bond acceptors (Lipinski definition) is 3. The molecule has 6 nitrogen and oxygen atoms in total. The maximum Gasteiger partial charge on any atom is 0.243 e. The van der Waals surface area contributed by atoms with Gasteiger partial charge >= 0.3 is 0 Å². The fraction of sp³-hybridized carbons (Fsp3) is 0.636. The molecule has 0 bridgehead atoms. The molecule has 2 N–H and O–H groups in total. The van der Waals surface area contributed by atoms with Gasteiger partial charge in [0.1, 0.15) is 12.4 Å². The number of carbonyl (C=O) groups is 1. The minimum Gasteiger partial charge on any atom is -0.354 e. The SMILES string of the molecule is CN(C)C(=O)CN=C(NC1CCCC1)NC1CCN(Cc2ccc(F)cc2)CC1.I. The smallest absolute Gasteiger partial charge is 0.243 e. The minimum atomic E-state index is -0.189. The van der Waals surface area contributed by atoms with Crippen LogP contribution in [0.4, 0.5) is 4.39 Å². The Kier molecular flexibility index (Phi) is 10.3. The van der Waals surface area contributed by atoms with E-state index in [0.717, 1.165) is 44.0 Å². The number of nitrogens with one attached hydrogen (secondary N) is 2. The van der Waals surface area contributed by atoms with Gasteiger partial charge in [0.05, 0.1) is 0 Å². The van der Waals surface area contributed by atoms with Crippen molar-refractivity contribution in [3.63, 3.8) is 0 Å². The molecule has 1 heterocycles. The van der Waals surface area contributed by atoms with Crippen molar-refractivity contribution in [2.75, 3.05) is 33.7 Å². The molecule has 1 aromatic carbocycles. The number of amides is 1. The molecule has 1 aromatic rings. The van der Waals surface area contributed by atoms with Gasteiger partial charge in [-0.1, -0.05) is 25.0 Å². The first-order chi connectivity index (χ1) is 14.0. The molecule has 0 atom stereocenters. The second-order valence-corrected chi connectivity index (χ2v) is 8.40. The van der Waals surface area contributed by atoms with Crippen molar-refractivity contribution >= 4 is 35.8 Å². The van der Waals surface area contributed by atoms with Gasteiger partial charge in [-0.15, -0.1) is 24.0 Å². The molecule has 1 aliphatic carbocycles. The van der Waals surface area contributed by atoms with Crippen LogP contribution in [0.15, 0.2) is 29.3 Å². The molecular weight excluding hydrogens is 496 g/mol. The number of halogens is 2. The number of nitrogens with zero attached hydrogens (tertiary/aromatic N) is 3. The summed E-state index contributed by atoms with van der Waals surface area (Å²) in [7, 11) is 3.51. The summed E-state index contributed by atoms with van der Waals surface area (Å²) in [5.74, 6) is 0.585. The minimum absolute atomic E-state index is 0. The molecule has 1 amide bonds. The van der Waals surface area contributed by atoms with Crippen LogP contribution in [-0.4, -0.2) is 67.5 Å². The highest BCUT2D eigenvalue weighted by Gasteiger charge is 2.22. The van der Waals surface area contributed by atoms with Crippen molar-refractivity contribution in [1.82, 2.24) is 20.4 Å². The second kappa shape index (κ2) is 12.4. The molecule has 168 valence electrons. The van der Waals surface area contributed by atoms with Gasteiger partial charge in [0.2, 0.25) is 5.91 Å². The predicted molar refractivity (Wildman–Crippen MR) is 130 cm³/mol. The van der Waals surface area contributed by atoms with Gasteiger partial charge in [-0.05, 0) is 43.4 Å². The standard InChI is InChI=1S/C22H34FN5O.HI/c1-27(2)21(29)15-24-22(25-19-5-3-4-6-19)26-20-11-13-28(14-12-20)16-17-7-9-18(23)10-8-17;/h7-10,19-20H,3-6,11-16H2,1-2H3,(H2,24,25,26);1H. The van der Waals surface area contributed by atoms with Gasteiger partial charge < -0.3 is 15.5 Å². The van der Waals surface area contributed by atoms with Crippen LogP contribution in [0, 0.1) is 5.82 Å². The van der Waals surface area contributed by atoms with E-state index >= 15 is 0 Å². The van der Waals surface area contributed by atoms with Crippen molar-refractivity contribution in [1.29, 1.82) is 0 Å². The fourth-order valence-electron chi connectivity index (χ4n) is 3.96. The molecule has 1 aliphatic heterocycles. The zero-order chi connectivity index (χ0) is 20.6. The summed E-state index contributed by atoms with van der Waals surface area (Å²) in [5, 5.41) is 7.09. The predicted octanol–water partition coefficient (Wildman–Crippen LogP) is 2.97. The van der Waals surface area contributed by atoms with Gasteiger partial charge in [0.15, 0.2) is 5.96 Å². The average Bonchev–Trinajstić information content (AvgIpc) is 3.22. The topological polar surface area (TPSA) is 60.0 Å². The Morgan fingerprint density at radius 1 is 1.07 bits per heavy atom. The van der Waals surface area contributed by atoms with Crippen LogP contribution in [0.1, 0.15) is 44.1 Å². The number of aliphatic imine (C=N–C) groups is 1. The number of rotatable bonds is 6. The molecule has 8 heteroatoms. The lowest BCUT2D eigenvalue weighted by Crippen LogP contribution is -2.50. The number of benzene rings is 1. The largest absolute Gasteiger partial charge is 0.354 e. The van der Waals surface area contributed by atoms with Crippen LogP contribution in [0.2, 0.25) is 0 Å². The quantitative estimate of drug-likeness (QED) is 0.337. The van der Waals surface area contributed by atoms with Gasteiger partial charge in [0, 0.05) is 45.8 Å². The molecule has 0 aromatic heterocycles. The fourth-order valence-corrected chi connectivity index (χ4v) is 3.96. The maximum absolute atomic E-state index is 13.1. The van der Waals surface area contributed by atoms with Crippen molar-refractivity contribution in [3.05, 3.63) is 35.6 Å². The molecule has 1 saturated carbocycles. The van der Waals surface area contributed by atoms with Crippen LogP contribution in [0.25, 0.3) is 0 Å². The summed E-state index contributed by atoms with van der Waals surface area (Å²) in [4.78, 5) is 20.5. The van der Waals surface area contributed by atoms with Crippen LogP contribution in [0.3, 0.4) is 0 Å². The van der Waals surface area contributed by atoms with Gasteiger partial charge in [-0.25, -0.2) is 9.38 Å². The molecule has 30 heavy (non-hydrogen) atoms. The highest BCUT2D eigenvalue weighted by molar-refractivity contribution is 14.0.